The maximum absolute atomic E-state index is 13.8. The van der Waals surface area contributed by atoms with Crippen molar-refractivity contribution < 1.29 is 18.3 Å². The van der Waals surface area contributed by atoms with Gasteiger partial charge < -0.3 is 14.5 Å². The maximum atomic E-state index is 13.8. The smallest absolute Gasteiger partial charge is 0.291 e. The monoisotopic (exact) mass is 431 g/mol. The van der Waals surface area contributed by atoms with Crippen molar-refractivity contribution >= 4 is 11.6 Å². The van der Waals surface area contributed by atoms with Gasteiger partial charge in [-0.25, -0.2) is 4.39 Å². The molecule has 0 bridgehead atoms. The van der Waals surface area contributed by atoms with Gasteiger partial charge in [-0.2, -0.15) is 5.10 Å². The molecule has 162 valence electrons. The lowest BCUT2D eigenvalue weighted by atomic mass is 10.1. The highest BCUT2D eigenvalue weighted by Crippen LogP contribution is 2.26. The molecular formula is C25H22FN3O3. The summed E-state index contributed by atoms with van der Waals surface area (Å²) in [6.45, 7) is 0.514. The first-order valence-electron chi connectivity index (χ1n) is 10.5. The molecule has 2 aromatic carbocycles. The number of aryl methyl sites for hydroxylation is 2. The van der Waals surface area contributed by atoms with Gasteiger partial charge in [0.1, 0.15) is 23.9 Å². The Labute approximate surface area is 184 Å². The number of aromatic nitrogens is 2. The van der Waals surface area contributed by atoms with Gasteiger partial charge in [0.15, 0.2) is 5.76 Å². The van der Waals surface area contributed by atoms with Gasteiger partial charge in [0, 0.05) is 11.8 Å². The fourth-order valence-electron chi connectivity index (χ4n) is 3.88. The molecule has 0 fully saturated rings. The highest BCUT2D eigenvalue weighted by atomic mass is 19.1. The number of amides is 1. The van der Waals surface area contributed by atoms with Crippen LogP contribution < -0.4 is 10.1 Å². The lowest BCUT2D eigenvalue weighted by molar-refractivity contribution is 0.0992. The van der Waals surface area contributed by atoms with Crippen molar-refractivity contribution in [2.24, 2.45) is 0 Å². The summed E-state index contributed by atoms with van der Waals surface area (Å²) in [4.78, 5) is 12.5. The molecule has 1 amide bonds. The molecule has 6 nitrogen and oxygen atoms in total. The van der Waals surface area contributed by atoms with Gasteiger partial charge in [-0.1, -0.05) is 24.3 Å². The number of benzene rings is 2. The van der Waals surface area contributed by atoms with Crippen molar-refractivity contribution in [2.45, 2.75) is 32.4 Å². The van der Waals surface area contributed by atoms with Crippen molar-refractivity contribution in [3.63, 3.8) is 0 Å². The van der Waals surface area contributed by atoms with Gasteiger partial charge in [0.2, 0.25) is 0 Å². The summed E-state index contributed by atoms with van der Waals surface area (Å²) >= 11 is 0. The maximum Gasteiger partial charge on any atom is 0.291 e. The summed E-state index contributed by atoms with van der Waals surface area (Å²) in [5, 5.41) is 6.92. The predicted octanol–water partition coefficient (Wildman–Crippen LogP) is 4.98. The van der Waals surface area contributed by atoms with Crippen LogP contribution in [-0.4, -0.2) is 15.7 Å². The van der Waals surface area contributed by atoms with Gasteiger partial charge >= 0.3 is 0 Å². The van der Waals surface area contributed by atoms with E-state index in [2.05, 4.69) is 22.5 Å². The number of halogens is 1. The zero-order chi connectivity index (χ0) is 21.9. The van der Waals surface area contributed by atoms with Crippen molar-refractivity contribution in [1.82, 2.24) is 9.78 Å². The minimum atomic E-state index is -0.390. The van der Waals surface area contributed by atoms with Gasteiger partial charge in [-0.3, -0.25) is 9.48 Å². The van der Waals surface area contributed by atoms with Gasteiger partial charge in [-0.15, -0.1) is 0 Å². The molecule has 0 aliphatic heterocycles. The Bertz CT molecular complexity index is 1260. The third kappa shape index (κ3) is 4.42. The number of anilines is 1. The molecule has 7 heteroatoms. The zero-order valence-corrected chi connectivity index (χ0v) is 17.4. The molecule has 0 radical (unpaired) electrons. The number of furan rings is 1. The van der Waals surface area contributed by atoms with E-state index >= 15 is 0 Å². The van der Waals surface area contributed by atoms with Crippen LogP contribution in [0.1, 0.15) is 39.4 Å². The number of nitrogens with zero attached hydrogens (tertiary/aromatic N) is 2. The highest BCUT2D eigenvalue weighted by molar-refractivity contribution is 6.02. The van der Waals surface area contributed by atoms with Crippen LogP contribution in [0.2, 0.25) is 0 Å². The first kappa shape index (κ1) is 20.1. The summed E-state index contributed by atoms with van der Waals surface area (Å²) in [5.74, 6) is 0.860. The Balaban J connectivity index is 1.17. The SMILES string of the molecule is O=C(Nc1cnn(Cc2ccccc2F)c1)c1ccc(COc2ccc3c(c2)CCC3)o1. The van der Waals surface area contributed by atoms with E-state index in [4.69, 9.17) is 9.15 Å². The largest absolute Gasteiger partial charge is 0.486 e. The topological polar surface area (TPSA) is 69.3 Å². The molecule has 4 aromatic rings. The highest BCUT2D eigenvalue weighted by Gasteiger charge is 2.14. The lowest BCUT2D eigenvalue weighted by Crippen LogP contribution is -2.10. The number of nitrogens with one attached hydrogen (secondary N) is 1. The molecule has 5 rings (SSSR count). The lowest BCUT2D eigenvalue weighted by Gasteiger charge is -2.06. The number of carbonyl (C=O) groups excluding carboxylic acids is 1. The molecule has 0 atom stereocenters. The Morgan fingerprint density at radius 3 is 2.91 bits per heavy atom. The molecule has 1 aliphatic carbocycles. The summed E-state index contributed by atoms with van der Waals surface area (Å²) in [6, 6.07) is 16.0. The van der Waals surface area contributed by atoms with E-state index in [1.807, 2.05) is 6.07 Å². The average molecular weight is 431 g/mol. The third-order valence-corrected chi connectivity index (χ3v) is 5.52. The van der Waals surface area contributed by atoms with E-state index in [9.17, 15) is 9.18 Å². The van der Waals surface area contributed by atoms with E-state index in [1.165, 1.54) is 29.8 Å². The Morgan fingerprint density at radius 2 is 2.00 bits per heavy atom. The summed E-state index contributed by atoms with van der Waals surface area (Å²) in [6.07, 6.45) is 6.57. The second-order valence-corrected chi connectivity index (χ2v) is 7.81. The first-order chi connectivity index (χ1) is 15.6. The van der Waals surface area contributed by atoms with E-state index in [1.54, 1.807) is 41.2 Å². The van der Waals surface area contributed by atoms with E-state index in [-0.39, 0.29) is 30.6 Å². The van der Waals surface area contributed by atoms with Crippen LogP contribution in [0.15, 0.2) is 71.4 Å². The fourth-order valence-corrected chi connectivity index (χ4v) is 3.88. The number of carbonyl (C=O) groups is 1. The zero-order valence-electron chi connectivity index (χ0n) is 17.4. The van der Waals surface area contributed by atoms with Crippen molar-refractivity contribution in [3.05, 3.63) is 101 Å². The quantitative estimate of drug-likeness (QED) is 0.448. The molecule has 1 N–H and O–H groups in total. The summed E-state index contributed by atoms with van der Waals surface area (Å²) in [5.41, 5.74) is 3.76. The molecule has 32 heavy (non-hydrogen) atoms. The third-order valence-electron chi connectivity index (χ3n) is 5.52. The van der Waals surface area contributed by atoms with Crippen LogP contribution >= 0.6 is 0 Å². The minimum Gasteiger partial charge on any atom is -0.486 e. The van der Waals surface area contributed by atoms with Crippen molar-refractivity contribution in [1.29, 1.82) is 0 Å². The number of hydrogen-bond acceptors (Lipinski definition) is 4. The summed E-state index contributed by atoms with van der Waals surface area (Å²) in [7, 11) is 0. The van der Waals surface area contributed by atoms with Crippen LogP contribution in [0.5, 0.6) is 5.75 Å². The average Bonchev–Trinajstić information content (AvgIpc) is 3.54. The number of hydrogen-bond donors (Lipinski definition) is 1. The molecule has 2 aromatic heterocycles. The van der Waals surface area contributed by atoms with Crippen molar-refractivity contribution in [3.8, 4) is 5.75 Å². The Hall–Kier alpha value is -3.87. The van der Waals surface area contributed by atoms with E-state index in [0.717, 1.165) is 18.6 Å². The molecular weight excluding hydrogens is 409 g/mol. The molecule has 1 aliphatic rings. The Kier molecular flexibility index (Phi) is 5.46. The van der Waals surface area contributed by atoms with Gasteiger partial charge in [0.25, 0.3) is 5.91 Å². The first-order valence-corrected chi connectivity index (χ1v) is 10.5. The number of rotatable bonds is 7. The van der Waals surface area contributed by atoms with E-state index in [0.29, 0.717) is 17.0 Å². The number of fused-ring (bicyclic) bond motifs is 1. The molecule has 0 unspecified atom stereocenters. The standard InChI is InChI=1S/C25H22FN3O3/c26-23-7-2-1-4-19(23)14-29-15-20(13-27-29)28-25(30)24-11-10-22(32-24)16-31-21-9-8-17-5-3-6-18(17)12-21/h1-2,4,7-13,15H,3,5-6,14,16H2,(H,28,30). The van der Waals surface area contributed by atoms with Gasteiger partial charge in [-0.05, 0) is 60.7 Å². The molecule has 0 spiro atoms. The normalized spacial score (nSPS) is 12.5. The van der Waals surface area contributed by atoms with E-state index < -0.39 is 0 Å². The van der Waals surface area contributed by atoms with Crippen LogP contribution in [0.4, 0.5) is 10.1 Å². The minimum absolute atomic E-state index is 0.180. The van der Waals surface area contributed by atoms with Crippen LogP contribution in [-0.2, 0) is 26.0 Å². The Morgan fingerprint density at radius 1 is 1.12 bits per heavy atom. The molecule has 0 saturated heterocycles. The van der Waals surface area contributed by atoms with Crippen LogP contribution in [0, 0.1) is 5.82 Å². The van der Waals surface area contributed by atoms with Gasteiger partial charge in [0.05, 0.1) is 18.4 Å². The fraction of sp³-hybridized carbons (Fsp3) is 0.200. The van der Waals surface area contributed by atoms with Crippen molar-refractivity contribution in [2.75, 3.05) is 5.32 Å². The second-order valence-electron chi connectivity index (χ2n) is 7.81. The van der Waals surface area contributed by atoms with Crippen LogP contribution in [0.25, 0.3) is 0 Å². The summed E-state index contributed by atoms with van der Waals surface area (Å²) < 4.78 is 26.8. The predicted molar refractivity (Wildman–Crippen MR) is 117 cm³/mol. The number of ether oxygens (including phenoxy) is 1. The van der Waals surface area contributed by atoms with Crippen LogP contribution in [0.3, 0.4) is 0 Å². The second kappa shape index (κ2) is 8.70. The molecule has 0 saturated carbocycles. The molecule has 2 heterocycles.